The molecule has 6 heteroatoms. The maximum absolute atomic E-state index is 11.7. The third kappa shape index (κ3) is 2.46. The third-order valence-electron chi connectivity index (χ3n) is 1.98. The Balaban J connectivity index is 2.01. The predicted molar refractivity (Wildman–Crippen MR) is 61.7 cm³/mol. The molecule has 0 fully saturated rings. The summed E-state index contributed by atoms with van der Waals surface area (Å²) < 4.78 is 0.680. The van der Waals surface area contributed by atoms with Gasteiger partial charge in [0.1, 0.15) is 5.69 Å². The molecule has 0 bridgehead atoms. The number of H-pyrrole nitrogens is 1. The van der Waals surface area contributed by atoms with Crippen LogP contribution in [0, 0.1) is 0 Å². The van der Waals surface area contributed by atoms with Gasteiger partial charge in [-0.3, -0.25) is 9.89 Å². The van der Waals surface area contributed by atoms with E-state index in [2.05, 4.69) is 36.4 Å². The fourth-order valence-electron chi connectivity index (χ4n) is 1.19. The van der Waals surface area contributed by atoms with Crippen molar-refractivity contribution in [2.75, 3.05) is 0 Å². The first-order valence-electron chi connectivity index (χ1n) is 4.64. The molecule has 1 amide bonds. The summed E-state index contributed by atoms with van der Waals surface area (Å²) in [6.45, 7) is 0.429. The summed E-state index contributed by atoms with van der Waals surface area (Å²) in [7, 11) is 0. The van der Waals surface area contributed by atoms with Crippen molar-refractivity contribution in [3.05, 3.63) is 46.5 Å². The molecule has 2 aromatic heterocycles. The van der Waals surface area contributed by atoms with Gasteiger partial charge in [0.05, 0.1) is 6.20 Å². The fourth-order valence-corrected chi connectivity index (χ4v) is 1.63. The van der Waals surface area contributed by atoms with E-state index in [1.54, 1.807) is 30.7 Å². The van der Waals surface area contributed by atoms with Crippen LogP contribution in [0.4, 0.5) is 0 Å². The van der Waals surface area contributed by atoms with Gasteiger partial charge >= 0.3 is 0 Å². The van der Waals surface area contributed by atoms with E-state index in [1.165, 1.54) is 0 Å². The summed E-state index contributed by atoms with van der Waals surface area (Å²) in [5, 5.41) is 9.22. The van der Waals surface area contributed by atoms with Crippen molar-refractivity contribution in [3.8, 4) is 0 Å². The number of hydrogen-bond donors (Lipinski definition) is 2. The molecule has 5 nitrogen and oxygen atoms in total. The lowest BCUT2D eigenvalue weighted by atomic mass is 10.3. The topological polar surface area (TPSA) is 70.7 Å². The van der Waals surface area contributed by atoms with Crippen LogP contribution in [0.5, 0.6) is 0 Å². The van der Waals surface area contributed by atoms with Gasteiger partial charge in [-0.05, 0) is 28.1 Å². The second-order valence-electron chi connectivity index (χ2n) is 3.12. The van der Waals surface area contributed by atoms with Crippen LogP contribution in [0.2, 0.25) is 0 Å². The molecule has 0 aliphatic carbocycles. The van der Waals surface area contributed by atoms with Crippen molar-refractivity contribution in [1.82, 2.24) is 20.5 Å². The van der Waals surface area contributed by atoms with Gasteiger partial charge in [0.2, 0.25) is 0 Å². The Kier molecular flexibility index (Phi) is 3.31. The second-order valence-corrected chi connectivity index (χ2v) is 3.98. The molecule has 2 aromatic rings. The molecule has 2 rings (SSSR count). The van der Waals surface area contributed by atoms with Crippen LogP contribution in [0.3, 0.4) is 0 Å². The molecule has 0 aliphatic rings. The Labute approximate surface area is 100 Å². The Bertz CT molecular complexity index is 483. The lowest BCUT2D eigenvalue weighted by Gasteiger charge is -2.03. The highest BCUT2D eigenvalue weighted by Gasteiger charge is 2.10. The van der Waals surface area contributed by atoms with Crippen molar-refractivity contribution < 1.29 is 4.79 Å². The summed E-state index contributed by atoms with van der Waals surface area (Å²) in [6, 6.07) is 3.54. The smallest absolute Gasteiger partial charge is 0.271 e. The molecule has 0 unspecified atom stereocenters. The predicted octanol–water partition coefficient (Wildman–Crippen LogP) is 1.50. The standard InChI is InChI=1S/C10H9BrN4O/c11-8-2-1-3-12-9(8)10(16)13-4-7-5-14-15-6-7/h1-3,5-6H,4H2,(H,13,16)(H,14,15). The Morgan fingerprint density at radius 2 is 2.44 bits per heavy atom. The largest absolute Gasteiger partial charge is 0.346 e. The zero-order valence-corrected chi connectivity index (χ0v) is 9.86. The first kappa shape index (κ1) is 10.8. The van der Waals surface area contributed by atoms with E-state index >= 15 is 0 Å². The van der Waals surface area contributed by atoms with Crippen molar-refractivity contribution in [2.24, 2.45) is 0 Å². The van der Waals surface area contributed by atoms with Crippen LogP contribution in [-0.4, -0.2) is 21.1 Å². The van der Waals surface area contributed by atoms with Crippen molar-refractivity contribution >= 4 is 21.8 Å². The fraction of sp³-hybridized carbons (Fsp3) is 0.100. The monoisotopic (exact) mass is 280 g/mol. The Morgan fingerprint density at radius 1 is 1.56 bits per heavy atom. The molecule has 0 aromatic carbocycles. The average molecular weight is 281 g/mol. The Morgan fingerprint density at radius 3 is 3.12 bits per heavy atom. The molecule has 0 spiro atoms. The second kappa shape index (κ2) is 4.89. The summed E-state index contributed by atoms with van der Waals surface area (Å²) in [6.07, 6.45) is 4.97. The number of carbonyl (C=O) groups excluding carboxylic acids is 1. The van der Waals surface area contributed by atoms with Crippen LogP contribution in [-0.2, 0) is 6.54 Å². The molecule has 0 aliphatic heterocycles. The first-order chi connectivity index (χ1) is 7.77. The lowest BCUT2D eigenvalue weighted by molar-refractivity contribution is 0.0945. The molecule has 0 saturated carbocycles. The molecule has 0 saturated heterocycles. The van der Waals surface area contributed by atoms with Gasteiger partial charge in [0.15, 0.2) is 0 Å². The molecular formula is C10H9BrN4O. The summed E-state index contributed by atoms with van der Waals surface area (Å²) in [4.78, 5) is 15.7. The lowest BCUT2D eigenvalue weighted by Crippen LogP contribution is -2.23. The molecule has 82 valence electrons. The summed E-state index contributed by atoms with van der Waals surface area (Å²) in [5.41, 5.74) is 1.30. The van der Waals surface area contributed by atoms with Gasteiger partial charge in [-0.15, -0.1) is 0 Å². The minimum absolute atomic E-state index is 0.214. The van der Waals surface area contributed by atoms with E-state index in [9.17, 15) is 4.79 Å². The Hall–Kier alpha value is -1.69. The van der Waals surface area contributed by atoms with Gasteiger partial charge in [-0.1, -0.05) is 0 Å². The van der Waals surface area contributed by atoms with Crippen LogP contribution < -0.4 is 5.32 Å². The zero-order chi connectivity index (χ0) is 11.4. The minimum atomic E-state index is -0.214. The summed E-state index contributed by atoms with van der Waals surface area (Å²) in [5.74, 6) is -0.214. The number of rotatable bonds is 3. The maximum Gasteiger partial charge on any atom is 0.271 e. The van der Waals surface area contributed by atoms with Gasteiger partial charge in [0, 0.05) is 29.0 Å². The maximum atomic E-state index is 11.7. The highest BCUT2D eigenvalue weighted by Crippen LogP contribution is 2.12. The molecular weight excluding hydrogens is 272 g/mol. The van der Waals surface area contributed by atoms with Crippen LogP contribution >= 0.6 is 15.9 Å². The number of amides is 1. The number of hydrogen-bond acceptors (Lipinski definition) is 3. The molecule has 2 N–H and O–H groups in total. The minimum Gasteiger partial charge on any atom is -0.346 e. The quantitative estimate of drug-likeness (QED) is 0.895. The molecule has 0 radical (unpaired) electrons. The van der Waals surface area contributed by atoms with Crippen LogP contribution in [0.15, 0.2) is 35.2 Å². The van der Waals surface area contributed by atoms with Crippen molar-refractivity contribution in [3.63, 3.8) is 0 Å². The SMILES string of the molecule is O=C(NCc1cn[nH]c1)c1ncccc1Br. The third-order valence-corrected chi connectivity index (χ3v) is 2.62. The van der Waals surface area contributed by atoms with Crippen molar-refractivity contribution in [1.29, 1.82) is 0 Å². The van der Waals surface area contributed by atoms with Crippen molar-refractivity contribution in [2.45, 2.75) is 6.54 Å². The number of nitrogens with zero attached hydrogens (tertiary/aromatic N) is 2. The molecule has 0 atom stereocenters. The summed E-state index contributed by atoms with van der Waals surface area (Å²) >= 11 is 3.27. The number of nitrogens with one attached hydrogen (secondary N) is 2. The van der Waals surface area contributed by atoms with Crippen LogP contribution in [0.25, 0.3) is 0 Å². The first-order valence-corrected chi connectivity index (χ1v) is 5.43. The number of aromatic amines is 1. The van der Waals surface area contributed by atoms with E-state index in [-0.39, 0.29) is 5.91 Å². The van der Waals surface area contributed by atoms with E-state index in [1.807, 2.05) is 0 Å². The van der Waals surface area contributed by atoms with Gasteiger partial charge in [0.25, 0.3) is 5.91 Å². The number of halogens is 1. The van der Waals surface area contributed by atoms with E-state index in [4.69, 9.17) is 0 Å². The number of pyridine rings is 1. The van der Waals surface area contributed by atoms with E-state index < -0.39 is 0 Å². The highest BCUT2D eigenvalue weighted by atomic mass is 79.9. The normalized spacial score (nSPS) is 10.1. The number of carbonyl (C=O) groups is 1. The van der Waals surface area contributed by atoms with E-state index in [0.29, 0.717) is 16.7 Å². The average Bonchev–Trinajstić information content (AvgIpc) is 2.79. The van der Waals surface area contributed by atoms with Crippen LogP contribution in [0.1, 0.15) is 16.1 Å². The van der Waals surface area contributed by atoms with Gasteiger partial charge in [-0.2, -0.15) is 5.10 Å². The number of aromatic nitrogens is 3. The van der Waals surface area contributed by atoms with Gasteiger partial charge < -0.3 is 5.32 Å². The van der Waals surface area contributed by atoms with Gasteiger partial charge in [-0.25, -0.2) is 4.98 Å². The van der Waals surface area contributed by atoms with E-state index in [0.717, 1.165) is 5.56 Å². The zero-order valence-electron chi connectivity index (χ0n) is 8.27. The molecule has 16 heavy (non-hydrogen) atoms. The molecule has 2 heterocycles. The highest BCUT2D eigenvalue weighted by molar-refractivity contribution is 9.10.